The Bertz CT molecular complexity index is 945. The van der Waals surface area contributed by atoms with Crippen molar-refractivity contribution in [3.63, 3.8) is 0 Å². The van der Waals surface area contributed by atoms with Crippen molar-refractivity contribution >= 4 is 23.3 Å². The number of hydrogen-bond acceptors (Lipinski definition) is 4. The Balaban J connectivity index is 1.85. The van der Waals surface area contributed by atoms with Crippen LogP contribution in [0.15, 0.2) is 54.7 Å². The van der Waals surface area contributed by atoms with Gasteiger partial charge in [0.25, 0.3) is 11.8 Å². The molecule has 3 N–H and O–H groups in total. The SMILES string of the molecule is Cc1ccc(NC(=O)c2cnn(C(=O)c3ccccc3)c2N)c(C)c1. The monoisotopic (exact) mass is 334 g/mol. The van der Waals surface area contributed by atoms with Crippen molar-refractivity contribution in [2.75, 3.05) is 11.1 Å². The van der Waals surface area contributed by atoms with Crippen molar-refractivity contribution in [2.24, 2.45) is 0 Å². The zero-order valence-electron chi connectivity index (χ0n) is 14.0. The molecule has 0 bridgehead atoms. The molecule has 0 unspecified atom stereocenters. The number of carbonyl (C=O) groups is 2. The van der Waals surface area contributed by atoms with E-state index in [4.69, 9.17) is 5.73 Å². The van der Waals surface area contributed by atoms with E-state index < -0.39 is 5.91 Å². The maximum absolute atomic E-state index is 12.5. The molecule has 2 aromatic carbocycles. The molecule has 0 spiro atoms. The Hall–Kier alpha value is -3.41. The molecule has 126 valence electrons. The molecular weight excluding hydrogens is 316 g/mol. The summed E-state index contributed by atoms with van der Waals surface area (Å²) >= 11 is 0. The number of benzene rings is 2. The van der Waals surface area contributed by atoms with Gasteiger partial charge < -0.3 is 11.1 Å². The molecule has 0 aliphatic carbocycles. The molecule has 0 atom stereocenters. The van der Waals surface area contributed by atoms with Crippen molar-refractivity contribution < 1.29 is 9.59 Å². The van der Waals surface area contributed by atoms with Crippen LogP contribution in [0, 0.1) is 13.8 Å². The van der Waals surface area contributed by atoms with Gasteiger partial charge in [-0.2, -0.15) is 9.78 Å². The smallest absolute Gasteiger partial charge is 0.280 e. The average molecular weight is 334 g/mol. The number of nitrogens with one attached hydrogen (secondary N) is 1. The maximum Gasteiger partial charge on any atom is 0.280 e. The van der Waals surface area contributed by atoms with E-state index in [1.54, 1.807) is 24.3 Å². The second-order valence-electron chi connectivity index (χ2n) is 5.80. The predicted molar refractivity (Wildman–Crippen MR) is 96.7 cm³/mol. The van der Waals surface area contributed by atoms with E-state index in [0.717, 1.165) is 15.8 Å². The lowest BCUT2D eigenvalue weighted by Gasteiger charge is -2.09. The highest BCUT2D eigenvalue weighted by atomic mass is 16.2. The molecule has 0 aliphatic rings. The number of anilines is 2. The number of hydrogen-bond donors (Lipinski definition) is 2. The molecule has 6 heteroatoms. The van der Waals surface area contributed by atoms with Crippen LogP contribution in [-0.4, -0.2) is 21.6 Å². The van der Waals surface area contributed by atoms with Crippen LogP contribution < -0.4 is 11.1 Å². The zero-order valence-corrected chi connectivity index (χ0v) is 14.0. The fraction of sp³-hybridized carbons (Fsp3) is 0.105. The molecule has 3 rings (SSSR count). The van der Waals surface area contributed by atoms with Gasteiger partial charge in [-0.3, -0.25) is 9.59 Å². The van der Waals surface area contributed by atoms with Crippen LogP contribution in [0.5, 0.6) is 0 Å². The summed E-state index contributed by atoms with van der Waals surface area (Å²) in [5.74, 6) is -0.781. The normalized spacial score (nSPS) is 10.5. The minimum atomic E-state index is -0.406. The molecular formula is C19H18N4O2. The van der Waals surface area contributed by atoms with Crippen LogP contribution in [0.4, 0.5) is 11.5 Å². The van der Waals surface area contributed by atoms with Gasteiger partial charge in [0.15, 0.2) is 0 Å². The minimum absolute atomic E-state index is 0.0103. The quantitative estimate of drug-likeness (QED) is 0.770. The van der Waals surface area contributed by atoms with Crippen LogP contribution in [0.25, 0.3) is 0 Å². The van der Waals surface area contributed by atoms with E-state index in [1.165, 1.54) is 6.20 Å². The van der Waals surface area contributed by atoms with Gasteiger partial charge in [0.2, 0.25) is 0 Å². The molecule has 1 heterocycles. The number of rotatable bonds is 3. The van der Waals surface area contributed by atoms with E-state index in [0.29, 0.717) is 11.3 Å². The Kier molecular flexibility index (Phi) is 4.35. The van der Waals surface area contributed by atoms with Crippen LogP contribution in [0.1, 0.15) is 31.8 Å². The van der Waals surface area contributed by atoms with Gasteiger partial charge >= 0.3 is 0 Å². The van der Waals surface area contributed by atoms with Gasteiger partial charge in [-0.25, -0.2) is 0 Å². The first kappa shape index (κ1) is 16.4. The molecule has 0 saturated heterocycles. The average Bonchev–Trinajstić information content (AvgIpc) is 2.99. The van der Waals surface area contributed by atoms with E-state index in [2.05, 4.69) is 10.4 Å². The number of nitrogens with two attached hydrogens (primary N) is 1. The standard InChI is InChI=1S/C19H18N4O2/c1-12-8-9-16(13(2)10-12)22-18(24)15-11-21-23(17(15)20)19(25)14-6-4-3-5-7-14/h3-11H,20H2,1-2H3,(H,22,24). The Morgan fingerprint density at radius 2 is 1.80 bits per heavy atom. The van der Waals surface area contributed by atoms with Gasteiger partial charge in [-0.05, 0) is 37.6 Å². The van der Waals surface area contributed by atoms with E-state index >= 15 is 0 Å². The van der Waals surface area contributed by atoms with E-state index in [1.807, 2.05) is 38.1 Å². The topological polar surface area (TPSA) is 90.0 Å². The van der Waals surface area contributed by atoms with Crippen molar-refractivity contribution in [3.8, 4) is 0 Å². The summed E-state index contributed by atoms with van der Waals surface area (Å²) in [5.41, 5.74) is 9.32. The summed E-state index contributed by atoms with van der Waals surface area (Å²) < 4.78 is 1.03. The molecule has 3 aromatic rings. The predicted octanol–water partition coefficient (Wildman–Crippen LogP) is 3.02. The van der Waals surface area contributed by atoms with Crippen LogP contribution in [0.2, 0.25) is 0 Å². The number of aromatic nitrogens is 2. The van der Waals surface area contributed by atoms with Crippen molar-refractivity contribution in [2.45, 2.75) is 13.8 Å². The van der Waals surface area contributed by atoms with Gasteiger partial charge in [-0.15, -0.1) is 0 Å². The van der Waals surface area contributed by atoms with Gasteiger partial charge in [-0.1, -0.05) is 35.9 Å². The minimum Gasteiger partial charge on any atom is -0.383 e. The molecule has 0 fully saturated rings. The molecule has 1 amide bonds. The first-order valence-corrected chi connectivity index (χ1v) is 7.79. The summed E-state index contributed by atoms with van der Waals surface area (Å²) in [5, 5.41) is 6.78. The van der Waals surface area contributed by atoms with Crippen LogP contribution in [-0.2, 0) is 0 Å². The van der Waals surface area contributed by atoms with Crippen molar-refractivity contribution in [3.05, 3.63) is 77.0 Å². The van der Waals surface area contributed by atoms with Gasteiger partial charge in [0, 0.05) is 11.3 Å². The lowest BCUT2D eigenvalue weighted by Crippen LogP contribution is -2.18. The number of amides is 1. The highest BCUT2D eigenvalue weighted by molar-refractivity contribution is 6.09. The summed E-state index contributed by atoms with van der Waals surface area (Å²) in [6, 6.07) is 14.4. The maximum atomic E-state index is 12.5. The summed E-state index contributed by atoms with van der Waals surface area (Å²) in [4.78, 5) is 24.9. The molecule has 0 saturated carbocycles. The number of nitrogens with zero attached hydrogens (tertiary/aromatic N) is 2. The third kappa shape index (κ3) is 3.28. The van der Waals surface area contributed by atoms with Crippen LogP contribution >= 0.6 is 0 Å². The lowest BCUT2D eigenvalue weighted by molar-refractivity contribution is 0.0948. The highest BCUT2D eigenvalue weighted by Crippen LogP contribution is 2.19. The van der Waals surface area contributed by atoms with E-state index in [9.17, 15) is 9.59 Å². The fourth-order valence-corrected chi connectivity index (χ4v) is 2.54. The fourth-order valence-electron chi connectivity index (χ4n) is 2.54. The second kappa shape index (κ2) is 6.60. The molecule has 0 aliphatic heterocycles. The lowest BCUT2D eigenvalue weighted by atomic mass is 10.1. The number of aryl methyl sites for hydroxylation is 2. The molecule has 25 heavy (non-hydrogen) atoms. The third-order valence-electron chi connectivity index (χ3n) is 3.89. The van der Waals surface area contributed by atoms with Crippen LogP contribution in [0.3, 0.4) is 0 Å². The molecule has 6 nitrogen and oxygen atoms in total. The third-order valence-corrected chi connectivity index (χ3v) is 3.89. The van der Waals surface area contributed by atoms with E-state index in [-0.39, 0.29) is 17.3 Å². The first-order chi connectivity index (χ1) is 12.0. The Morgan fingerprint density at radius 3 is 2.48 bits per heavy atom. The first-order valence-electron chi connectivity index (χ1n) is 7.79. The highest BCUT2D eigenvalue weighted by Gasteiger charge is 2.20. The summed E-state index contributed by atoms with van der Waals surface area (Å²) in [6.07, 6.45) is 1.30. The second-order valence-corrected chi connectivity index (χ2v) is 5.80. The largest absolute Gasteiger partial charge is 0.383 e. The Labute approximate surface area is 145 Å². The molecule has 1 aromatic heterocycles. The van der Waals surface area contributed by atoms with Crippen molar-refractivity contribution in [1.82, 2.24) is 9.78 Å². The zero-order chi connectivity index (χ0) is 18.0. The van der Waals surface area contributed by atoms with Gasteiger partial charge in [0.1, 0.15) is 11.4 Å². The summed E-state index contributed by atoms with van der Waals surface area (Å²) in [6.45, 7) is 3.89. The van der Waals surface area contributed by atoms with Crippen molar-refractivity contribution in [1.29, 1.82) is 0 Å². The number of nitrogen functional groups attached to an aromatic ring is 1. The number of carbonyl (C=O) groups excluding carboxylic acids is 2. The van der Waals surface area contributed by atoms with Gasteiger partial charge in [0.05, 0.1) is 6.20 Å². The summed E-state index contributed by atoms with van der Waals surface area (Å²) in [7, 11) is 0. The molecule has 0 radical (unpaired) electrons. The Morgan fingerprint density at radius 1 is 1.08 bits per heavy atom.